The molecule has 37 heavy (non-hydrogen) atoms. The molecule has 2 aromatic rings. The maximum Gasteiger partial charge on any atom is 0.254 e. The highest BCUT2D eigenvalue weighted by Gasteiger charge is 2.27. The predicted octanol–water partition coefficient (Wildman–Crippen LogP) is 3.53. The van der Waals surface area contributed by atoms with Crippen LogP contribution in [0.2, 0.25) is 5.02 Å². The number of rotatable bonds is 5. The van der Waals surface area contributed by atoms with E-state index < -0.39 is 0 Å². The van der Waals surface area contributed by atoms with Gasteiger partial charge in [-0.2, -0.15) is 0 Å². The maximum absolute atomic E-state index is 13.3. The molecule has 2 aromatic carbocycles. The Hall–Kier alpha value is -3.23. The van der Waals surface area contributed by atoms with E-state index in [9.17, 15) is 18.8 Å². The fourth-order valence-electron chi connectivity index (χ4n) is 4.86. The molecule has 9 heteroatoms. The van der Waals surface area contributed by atoms with Crippen LogP contribution in [0.1, 0.15) is 35.3 Å². The van der Waals surface area contributed by atoms with Gasteiger partial charge in [0.25, 0.3) is 5.91 Å². The van der Waals surface area contributed by atoms with Gasteiger partial charge in [-0.05, 0) is 48.4 Å². The van der Waals surface area contributed by atoms with Crippen molar-refractivity contribution in [3.63, 3.8) is 0 Å². The second-order valence-electron chi connectivity index (χ2n) is 9.61. The number of amides is 3. The SMILES string of the molecule is CC(=O)N1CCN(C(=O)c2cc(Cl)ccc2C=CC(=O)N2CCN(Cc3ccc(F)cc3)CC2C)CC1. The standard InChI is InChI=1S/C28H32ClFN4O3/c1-20-18-31(19-22-3-8-25(30)9-4-22)11-16-34(20)27(36)10-6-23-5-7-24(29)17-26(23)28(37)33-14-12-32(13-15-33)21(2)35/h3-10,17,20H,11-16,18-19H2,1-2H3. The van der Waals surface area contributed by atoms with Gasteiger partial charge in [-0.1, -0.05) is 29.8 Å². The van der Waals surface area contributed by atoms with Gasteiger partial charge in [0.1, 0.15) is 5.82 Å². The molecule has 7 nitrogen and oxygen atoms in total. The maximum atomic E-state index is 13.3. The summed E-state index contributed by atoms with van der Waals surface area (Å²) in [4.78, 5) is 45.4. The monoisotopic (exact) mass is 526 g/mol. The molecular formula is C28H32ClFN4O3. The van der Waals surface area contributed by atoms with Gasteiger partial charge in [-0.25, -0.2) is 4.39 Å². The lowest BCUT2D eigenvalue weighted by Crippen LogP contribution is -2.53. The highest BCUT2D eigenvalue weighted by molar-refractivity contribution is 6.31. The number of hydrogen-bond donors (Lipinski definition) is 0. The smallest absolute Gasteiger partial charge is 0.254 e. The average molecular weight is 527 g/mol. The molecule has 0 N–H and O–H groups in total. The van der Waals surface area contributed by atoms with Crippen molar-refractivity contribution in [3.05, 3.63) is 76.1 Å². The molecule has 2 aliphatic rings. The van der Waals surface area contributed by atoms with Crippen molar-refractivity contribution in [3.8, 4) is 0 Å². The van der Waals surface area contributed by atoms with E-state index in [1.54, 1.807) is 46.2 Å². The Balaban J connectivity index is 1.39. The van der Waals surface area contributed by atoms with Crippen LogP contribution in [0.3, 0.4) is 0 Å². The summed E-state index contributed by atoms with van der Waals surface area (Å²) in [5, 5.41) is 0.445. The van der Waals surface area contributed by atoms with Crippen molar-refractivity contribution in [2.75, 3.05) is 45.8 Å². The Kier molecular flexibility index (Phi) is 8.61. The van der Waals surface area contributed by atoms with E-state index >= 15 is 0 Å². The van der Waals surface area contributed by atoms with Crippen LogP contribution in [0.25, 0.3) is 6.08 Å². The Morgan fingerprint density at radius 3 is 2.30 bits per heavy atom. The van der Waals surface area contributed by atoms with Gasteiger partial charge < -0.3 is 14.7 Å². The molecule has 0 spiro atoms. The van der Waals surface area contributed by atoms with E-state index in [0.29, 0.717) is 62.0 Å². The zero-order valence-corrected chi connectivity index (χ0v) is 22.0. The number of halogens is 2. The Morgan fingerprint density at radius 1 is 0.973 bits per heavy atom. The lowest BCUT2D eigenvalue weighted by atomic mass is 10.0. The van der Waals surface area contributed by atoms with Crippen LogP contribution in [0.4, 0.5) is 4.39 Å². The lowest BCUT2D eigenvalue weighted by molar-refractivity contribution is -0.131. The first-order valence-corrected chi connectivity index (χ1v) is 12.9. The van der Waals surface area contributed by atoms with Crippen molar-refractivity contribution in [2.24, 2.45) is 0 Å². The van der Waals surface area contributed by atoms with Crippen molar-refractivity contribution in [1.82, 2.24) is 19.6 Å². The van der Waals surface area contributed by atoms with E-state index in [2.05, 4.69) is 4.90 Å². The van der Waals surface area contributed by atoms with E-state index in [4.69, 9.17) is 11.6 Å². The van der Waals surface area contributed by atoms with E-state index in [-0.39, 0.29) is 29.6 Å². The molecule has 0 saturated carbocycles. The number of piperazine rings is 2. The van der Waals surface area contributed by atoms with E-state index in [1.165, 1.54) is 25.1 Å². The van der Waals surface area contributed by atoms with Crippen molar-refractivity contribution in [1.29, 1.82) is 0 Å². The van der Waals surface area contributed by atoms with Crippen LogP contribution in [-0.4, -0.2) is 89.2 Å². The summed E-state index contributed by atoms with van der Waals surface area (Å²) in [6.45, 7) is 8.16. The topological polar surface area (TPSA) is 64.2 Å². The third-order valence-corrected chi connectivity index (χ3v) is 7.21. The normalized spacial score (nSPS) is 18.9. The molecule has 196 valence electrons. The summed E-state index contributed by atoms with van der Waals surface area (Å²) in [7, 11) is 0. The summed E-state index contributed by atoms with van der Waals surface area (Å²) < 4.78 is 13.2. The molecule has 0 bridgehead atoms. The largest absolute Gasteiger partial charge is 0.339 e. The summed E-state index contributed by atoms with van der Waals surface area (Å²) in [6.07, 6.45) is 3.19. The van der Waals surface area contributed by atoms with Crippen LogP contribution in [0.5, 0.6) is 0 Å². The average Bonchev–Trinajstić information content (AvgIpc) is 2.89. The molecule has 0 radical (unpaired) electrons. The van der Waals surface area contributed by atoms with Gasteiger partial charge in [-0.3, -0.25) is 19.3 Å². The number of carbonyl (C=O) groups excluding carboxylic acids is 3. The zero-order valence-electron chi connectivity index (χ0n) is 21.2. The van der Waals surface area contributed by atoms with Crippen molar-refractivity contribution in [2.45, 2.75) is 26.4 Å². The van der Waals surface area contributed by atoms with Gasteiger partial charge in [0, 0.05) is 82.0 Å². The van der Waals surface area contributed by atoms with E-state index in [1.807, 2.05) is 11.8 Å². The molecule has 0 aliphatic carbocycles. The van der Waals surface area contributed by atoms with Gasteiger partial charge in [0.05, 0.1) is 0 Å². The van der Waals surface area contributed by atoms with Crippen LogP contribution in [-0.2, 0) is 16.1 Å². The molecule has 0 aromatic heterocycles. The molecule has 2 saturated heterocycles. The molecule has 4 rings (SSSR count). The number of nitrogens with zero attached hydrogens (tertiary/aromatic N) is 4. The Morgan fingerprint density at radius 2 is 1.65 bits per heavy atom. The quantitative estimate of drug-likeness (QED) is 0.559. The summed E-state index contributed by atoms with van der Waals surface area (Å²) in [5.41, 5.74) is 2.10. The number of carbonyl (C=O) groups is 3. The highest BCUT2D eigenvalue weighted by Crippen LogP contribution is 2.21. The molecular weight excluding hydrogens is 495 g/mol. The van der Waals surface area contributed by atoms with Gasteiger partial charge in [0.15, 0.2) is 0 Å². The number of benzene rings is 2. The minimum absolute atomic E-state index is 0.00232. The fraction of sp³-hybridized carbons (Fsp3) is 0.393. The van der Waals surface area contributed by atoms with Crippen LogP contribution >= 0.6 is 11.6 Å². The summed E-state index contributed by atoms with van der Waals surface area (Å²) in [6, 6.07) is 11.6. The van der Waals surface area contributed by atoms with Gasteiger partial charge >= 0.3 is 0 Å². The minimum atomic E-state index is -0.250. The molecule has 2 fully saturated rings. The molecule has 1 unspecified atom stereocenters. The first-order valence-electron chi connectivity index (χ1n) is 12.5. The first-order chi connectivity index (χ1) is 17.7. The van der Waals surface area contributed by atoms with E-state index in [0.717, 1.165) is 12.1 Å². The minimum Gasteiger partial charge on any atom is -0.339 e. The molecule has 3 amide bonds. The lowest BCUT2D eigenvalue weighted by Gasteiger charge is -2.39. The zero-order chi connectivity index (χ0) is 26.5. The van der Waals surface area contributed by atoms with Gasteiger partial charge in [0.2, 0.25) is 11.8 Å². The van der Waals surface area contributed by atoms with Crippen LogP contribution in [0, 0.1) is 5.82 Å². The van der Waals surface area contributed by atoms with Crippen LogP contribution < -0.4 is 0 Å². The predicted molar refractivity (Wildman–Crippen MR) is 141 cm³/mol. The van der Waals surface area contributed by atoms with Crippen LogP contribution in [0.15, 0.2) is 48.5 Å². The summed E-state index contributed by atoms with van der Waals surface area (Å²) in [5.74, 6) is -0.527. The highest BCUT2D eigenvalue weighted by atomic mass is 35.5. The molecule has 1 atom stereocenters. The Bertz CT molecular complexity index is 1180. The fourth-order valence-corrected chi connectivity index (χ4v) is 5.03. The summed E-state index contributed by atoms with van der Waals surface area (Å²) >= 11 is 6.20. The third-order valence-electron chi connectivity index (χ3n) is 6.98. The Labute approximate surface area is 222 Å². The molecule has 2 heterocycles. The first kappa shape index (κ1) is 26.8. The second kappa shape index (κ2) is 11.9. The van der Waals surface area contributed by atoms with Crippen molar-refractivity contribution >= 4 is 35.4 Å². The van der Waals surface area contributed by atoms with Gasteiger partial charge in [-0.15, -0.1) is 0 Å². The number of hydrogen-bond acceptors (Lipinski definition) is 4. The third kappa shape index (κ3) is 6.76. The van der Waals surface area contributed by atoms with Crippen molar-refractivity contribution < 1.29 is 18.8 Å². The second-order valence-corrected chi connectivity index (χ2v) is 10.0. The molecule has 2 aliphatic heterocycles.